The summed E-state index contributed by atoms with van der Waals surface area (Å²) >= 11 is 0. The molecule has 0 fully saturated rings. The Morgan fingerprint density at radius 1 is 1.20 bits per heavy atom. The lowest BCUT2D eigenvalue weighted by Crippen LogP contribution is -2.12. The van der Waals surface area contributed by atoms with Gasteiger partial charge in [-0.2, -0.15) is 13.2 Å². The van der Waals surface area contributed by atoms with E-state index in [1.54, 1.807) is 12.1 Å². The van der Waals surface area contributed by atoms with Gasteiger partial charge in [-0.25, -0.2) is 4.79 Å². The van der Waals surface area contributed by atoms with Gasteiger partial charge in [-0.05, 0) is 18.2 Å². The van der Waals surface area contributed by atoms with E-state index in [0.29, 0.717) is 12.2 Å². The third kappa shape index (κ3) is 6.98. The van der Waals surface area contributed by atoms with Gasteiger partial charge in [-0.1, -0.05) is 6.07 Å². The molecule has 4 nitrogen and oxygen atoms in total. The molecule has 0 saturated heterocycles. The Kier molecular flexibility index (Phi) is 6.30. The highest BCUT2D eigenvalue weighted by atomic mass is 19.4. The molecule has 0 aliphatic heterocycles. The van der Waals surface area contributed by atoms with Crippen molar-refractivity contribution in [1.29, 1.82) is 0 Å². The van der Waals surface area contributed by atoms with Gasteiger partial charge < -0.3 is 14.6 Å². The second-order valence-electron chi connectivity index (χ2n) is 4.01. The Labute approximate surface area is 114 Å². The van der Waals surface area contributed by atoms with Gasteiger partial charge >= 0.3 is 12.1 Å². The molecule has 0 aromatic heterocycles. The number of alkyl halides is 3. The Morgan fingerprint density at radius 2 is 1.95 bits per heavy atom. The third-order valence-electron chi connectivity index (χ3n) is 2.31. The molecule has 0 heterocycles. The topological polar surface area (TPSA) is 55.8 Å². The molecular weight excluding hydrogens is 277 g/mol. The maximum Gasteiger partial charge on any atom is 0.391 e. The predicted molar refractivity (Wildman–Crippen MR) is 65.0 cm³/mol. The van der Waals surface area contributed by atoms with Gasteiger partial charge in [0.2, 0.25) is 0 Å². The number of halogens is 3. The van der Waals surface area contributed by atoms with Crippen LogP contribution in [0.5, 0.6) is 5.75 Å². The predicted octanol–water partition coefficient (Wildman–Crippen LogP) is 3.12. The number of carboxylic acid groups (broad SMARTS) is 1. The average Bonchev–Trinajstić information content (AvgIpc) is 2.36. The van der Waals surface area contributed by atoms with Crippen LogP contribution in [0.2, 0.25) is 0 Å². The van der Waals surface area contributed by atoms with Gasteiger partial charge in [0, 0.05) is 13.0 Å². The van der Waals surface area contributed by atoms with E-state index in [9.17, 15) is 18.0 Å². The van der Waals surface area contributed by atoms with Crippen LogP contribution in [0.4, 0.5) is 13.2 Å². The minimum atomic E-state index is -4.20. The second kappa shape index (κ2) is 7.74. The first-order chi connectivity index (χ1) is 9.38. The quantitative estimate of drug-likeness (QED) is 0.748. The molecule has 112 valence electrons. The highest BCUT2D eigenvalue weighted by Gasteiger charge is 2.26. The highest BCUT2D eigenvalue weighted by molar-refractivity contribution is 5.87. The van der Waals surface area contributed by atoms with Crippen LogP contribution >= 0.6 is 0 Å². The van der Waals surface area contributed by atoms with Gasteiger partial charge in [-0.3, -0.25) is 0 Å². The monoisotopic (exact) mass is 292 g/mol. The summed E-state index contributed by atoms with van der Waals surface area (Å²) in [6.07, 6.45) is -4.74. The number of hydrogen-bond acceptors (Lipinski definition) is 3. The van der Waals surface area contributed by atoms with E-state index in [1.807, 2.05) is 0 Å². The molecule has 20 heavy (non-hydrogen) atoms. The zero-order valence-electron chi connectivity index (χ0n) is 10.7. The number of carboxylic acids is 1. The van der Waals surface area contributed by atoms with Crippen LogP contribution in [0.1, 0.15) is 23.2 Å². The van der Waals surface area contributed by atoms with E-state index in [-0.39, 0.29) is 25.4 Å². The first-order valence-corrected chi connectivity index (χ1v) is 5.99. The number of ether oxygens (including phenoxy) is 2. The van der Waals surface area contributed by atoms with E-state index in [0.717, 1.165) is 0 Å². The van der Waals surface area contributed by atoms with E-state index < -0.39 is 18.6 Å². The van der Waals surface area contributed by atoms with Crippen molar-refractivity contribution in [3.8, 4) is 5.75 Å². The fourth-order valence-electron chi connectivity index (χ4n) is 1.36. The van der Waals surface area contributed by atoms with Crippen LogP contribution in [0, 0.1) is 0 Å². The molecule has 0 aliphatic rings. The summed E-state index contributed by atoms with van der Waals surface area (Å²) in [6, 6.07) is 5.98. The summed E-state index contributed by atoms with van der Waals surface area (Å²) in [5.41, 5.74) is 0.115. The van der Waals surface area contributed by atoms with Crippen LogP contribution < -0.4 is 4.74 Å². The molecule has 1 aromatic carbocycles. The van der Waals surface area contributed by atoms with Gasteiger partial charge in [0.15, 0.2) is 0 Å². The Hall–Kier alpha value is -1.76. The molecule has 0 amide bonds. The Morgan fingerprint density at radius 3 is 2.60 bits per heavy atom. The second-order valence-corrected chi connectivity index (χ2v) is 4.01. The van der Waals surface area contributed by atoms with Gasteiger partial charge in [-0.15, -0.1) is 0 Å². The molecule has 0 atom stereocenters. The van der Waals surface area contributed by atoms with Crippen molar-refractivity contribution in [3.05, 3.63) is 29.8 Å². The molecule has 1 rings (SSSR count). The molecule has 1 N–H and O–H groups in total. The number of benzene rings is 1. The number of aromatic carboxylic acids is 1. The van der Waals surface area contributed by atoms with Crippen LogP contribution in [0.3, 0.4) is 0 Å². The lowest BCUT2D eigenvalue weighted by atomic mass is 10.2. The van der Waals surface area contributed by atoms with Crippen molar-refractivity contribution in [2.45, 2.75) is 19.0 Å². The minimum Gasteiger partial charge on any atom is -0.493 e. The highest BCUT2D eigenvalue weighted by Crippen LogP contribution is 2.19. The smallest absolute Gasteiger partial charge is 0.391 e. The van der Waals surface area contributed by atoms with E-state index in [4.69, 9.17) is 14.6 Å². The van der Waals surface area contributed by atoms with Crippen molar-refractivity contribution in [1.82, 2.24) is 0 Å². The number of hydrogen-bond donors (Lipinski definition) is 1. The summed E-state index contributed by atoms with van der Waals surface area (Å²) in [4.78, 5) is 10.7. The van der Waals surface area contributed by atoms with Gasteiger partial charge in [0.05, 0.1) is 25.2 Å². The average molecular weight is 292 g/mol. The summed E-state index contributed by atoms with van der Waals surface area (Å²) < 4.78 is 45.5. The lowest BCUT2D eigenvalue weighted by molar-refractivity contribution is -0.145. The summed E-state index contributed by atoms with van der Waals surface area (Å²) in [7, 11) is 0. The number of rotatable bonds is 8. The van der Waals surface area contributed by atoms with Crippen molar-refractivity contribution in [2.75, 3.05) is 19.8 Å². The van der Waals surface area contributed by atoms with Gasteiger partial charge in [0.1, 0.15) is 5.75 Å². The van der Waals surface area contributed by atoms with Crippen molar-refractivity contribution < 1.29 is 32.5 Å². The zero-order chi connectivity index (χ0) is 15.0. The summed E-state index contributed by atoms with van der Waals surface area (Å²) in [5, 5.41) is 8.78. The molecule has 0 bridgehead atoms. The fraction of sp³-hybridized carbons (Fsp3) is 0.462. The van der Waals surface area contributed by atoms with Crippen LogP contribution in [0.25, 0.3) is 0 Å². The van der Waals surface area contributed by atoms with E-state index >= 15 is 0 Å². The molecular formula is C13H15F3O4. The van der Waals surface area contributed by atoms with E-state index in [1.165, 1.54) is 12.1 Å². The fourth-order valence-corrected chi connectivity index (χ4v) is 1.36. The standard InChI is InChI=1S/C13H15F3O4/c14-13(15,16)5-8-19-6-2-7-20-11-4-1-3-10(9-11)12(17)18/h1,3-4,9H,2,5-8H2,(H,17,18). The van der Waals surface area contributed by atoms with Crippen molar-refractivity contribution in [2.24, 2.45) is 0 Å². The zero-order valence-corrected chi connectivity index (χ0v) is 10.7. The molecule has 0 saturated carbocycles. The van der Waals surface area contributed by atoms with Crippen molar-refractivity contribution >= 4 is 5.97 Å². The van der Waals surface area contributed by atoms with Crippen LogP contribution in [0.15, 0.2) is 24.3 Å². The maximum absolute atomic E-state index is 11.8. The molecule has 0 unspecified atom stereocenters. The minimum absolute atomic E-state index is 0.115. The molecule has 0 spiro atoms. The first kappa shape index (κ1) is 16.3. The first-order valence-electron chi connectivity index (χ1n) is 5.99. The SMILES string of the molecule is O=C(O)c1cccc(OCCCOCCC(F)(F)F)c1. The van der Waals surface area contributed by atoms with Crippen LogP contribution in [-0.2, 0) is 4.74 Å². The molecule has 7 heteroatoms. The molecule has 1 aromatic rings. The largest absolute Gasteiger partial charge is 0.493 e. The maximum atomic E-state index is 11.8. The van der Waals surface area contributed by atoms with Crippen LogP contribution in [-0.4, -0.2) is 37.1 Å². The third-order valence-corrected chi connectivity index (χ3v) is 2.31. The van der Waals surface area contributed by atoms with Crippen molar-refractivity contribution in [3.63, 3.8) is 0 Å². The lowest BCUT2D eigenvalue weighted by Gasteiger charge is -2.08. The Bertz CT molecular complexity index is 432. The number of carbonyl (C=O) groups is 1. The molecule has 0 aliphatic carbocycles. The summed E-state index contributed by atoms with van der Waals surface area (Å²) in [5.74, 6) is -0.647. The molecule has 0 radical (unpaired) electrons. The van der Waals surface area contributed by atoms with E-state index in [2.05, 4.69) is 0 Å². The van der Waals surface area contributed by atoms with Gasteiger partial charge in [0.25, 0.3) is 0 Å². The Balaban J connectivity index is 2.15. The summed E-state index contributed by atoms with van der Waals surface area (Å²) in [6.45, 7) is 0.0434. The normalized spacial score (nSPS) is 11.3.